The Morgan fingerprint density at radius 3 is 0.950 bits per heavy atom. The molecular weight excluding hydrogens is 2520 g/mol. The van der Waals surface area contributed by atoms with Crippen molar-refractivity contribution in [1.82, 2.24) is 149 Å². The van der Waals surface area contributed by atoms with Crippen LogP contribution in [0.25, 0.3) is 34.1 Å². The topological polar surface area (TPSA) is 449 Å². The van der Waals surface area contributed by atoms with Crippen molar-refractivity contribution in [1.29, 1.82) is 0 Å². The zero-order valence-corrected chi connectivity index (χ0v) is 98.9. The van der Waals surface area contributed by atoms with Gasteiger partial charge in [0.2, 0.25) is 0 Å². The number of halogens is 8. The molecular formula is C79H64BrClF6N30O12S6Y6-6. The normalized spacial score (nSPS) is 11.0. The van der Waals surface area contributed by atoms with Crippen LogP contribution in [-0.4, -0.2) is 149 Å². The fraction of sp³-hybridized carbons (Fsp3) is 0.241. The van der Waals surface area contributed by atoms with Gasteiger partial charge in [0.25, 0.3) is 0 Å². The van der Waals surface area contributed by atoms with E-state index >= 15 is 0 Å². The molecule has 0 amide bonds. The Hall–Kier alpha value is -7.91. The number of tetrazole rings is 6. The standard InChI is InChI=1S/C15H13FN5O2S.C14H13FN5O2S.2C13H11FN5O2S.C12H8BrFN5O2S.C12H8ClFN5O2S.6Y/c1-20-15(22)21(19-18-20)12-5-4-11(16)13(9-2-3-9)10(12)8-23-14-17-6-7-24-14;1-3-9-10(8-22-13-16-6-7-23-13)12(5-4-11(9)15)20-14(21)19(2)17-18-20;1-8-5-9(14)6-11(19-13(20)18(2)16-17-19)10(8)7-21-12-15-3-4-22-12;1-8-9(7-21-12-15-5-6-22-12)11(4-3-10(8)14)19-13(20)18(2)16-17-19;2*1-18-12(20)19(17-16-18)10-5-7(14)4-9(13)8(10)6-21-11-15-2-3-22-11;;;;;;/h4-5,7,9H,2-3,8H2,1H3;4-5,7H,3,8H2,1-2H3;4-6H,7H2,1-2H3;3-4,6H,7H2,1-2H3;2*3-5H,6H2,1H3;;;;;;/q6*-1;;;;;;. The number of rotatable bonds is 26. The molecule has 62 heteroatoms. The molecule has 141 heavy (non-hydrogen) atoms. The summed E-state index contributed by atoms with van der Waals surface area (Å²) in [4.78, 5) is 95.6. The molecule has 6 radical (unpaired) electrons. The zero-order chi connectivity index (χ0) is 95.8. The molecule has 1 aliphatic rings. The van der Waals surface area contributed by atoms with Crippen LogP contribution in [0.1, 0.15) is 81.3 Å². The third kappa shape index (κ3) is 29.8. The first-order chi connectivity index (χ1) is 65.0. The summed E-state index contributed by atoms with van der Waals surface area (Å²) in [6, 6.07) is 15.9. The molecule has 12 heterocycles. The monoisotopic (exact) mass is 2580 g/mol. The van der Waals surface area contributed by atoms with E-state index in [1.54, 1.807) is 46.1 Å². The van der Waals surface area contributed by atoms with Crippen molar-refractivity contribution in [2.45, 2.75) is 85.6 Å². The predicted octanol–water partition coefficient (Wildman–Crippen LogP) is 9.10. The van der Waals surface area contributed by atoms with Gasteiger partial charge in [-0.1, -0.05) is 66.7 Å². The minimum Gasteiger partial charge on any atom is -0.550 e. The second kappa shape index (κ2) is 55.6. The minimum atomic E-state index is -0.594. The summed E-state index contributed by atoms with van der Waals surface area (Å²) in [5, 5.41) is 57.2. The molecule has 0 spiro atoms. The van der Waals surface area contributed by atoms with Crippen LogP contribution in [0.3, 0.4) is 0 Å². The number of aromatic nitrogens is 30. The fourth-order valence-corrected chi connectivity index (χ4v) is 15.8. The van der Waals surface area contributed by atoms with E-state index in [1.807, 2.05) is 6.92 Å². The maximum atomic E-state index is 14.4. The van der Waals surface area contributed by atoms with E-state index in [0.29, 0.717) is 120 Å². The molecule has 0 atom stereocenters. The van der Waals surface area contributed by atoms with Gasteiger partial charge < -0.3 is 58.3 Å². The first-order valence-electron chi connectivity index (χ1n) is 38.8. The van der Waals surface area contributed by atoms with Gasteiger partial charge in [0.05, 0.1) is 78.8 Å². The van der Waals surface area contributed by atoms with Crippen molar-refractivity contribution < 1.29 is 251 Å². The third-order valence-electron chi connectivity index (χ3n) is 19.1. The van der Waals surface area contributed by atoms with Gasteiger partial charge in [0.15, 0.2) is 0 Å². The Morgan fingerprint density at radius 2 is 0.617 bits per heavy atom. The van der Waals surface area contributed by atoms with Gasteiger partial charge in [-0.3, -0.25) is 0 Å². The zero-order valence-electron chi connectivity index (χ0n) is 74.6. The molecule has 12 aromatic heterocycles. The summed E-state index contributed by atoms with van der Waals surface area (Å²) in [5.74, 6) is -2.44. The van der Waals surface area contributed by atoms with Gasteiger partial charge in [-0.25, -0.2) is 123 Å². The van der Waals surface area contributed by atoms with Crippen LogP contribution in [0.2, 0.25) is 5.02 Å². The molecule has 6 aromatic carbocycles. The Balaban J connectivity index is 0.000000205. The SMILES string of the molecule is CCc1c(F)ccc(-n2nnn(C)c2=O)c1COc1n[c-]cs1.Cc1c(F)ccc(-n2nnn(C)c2=O)c1COc1n[c-]cs1.Cc1cc(F)cc(-n2nnn(C)c2=O)c1COc1n[c-]cs1.Cn1nnn(-c2cc(F)cc(Br)c2COc2n[c-]cs2)c1=O.Cn1nnn(-c2cc(F)cc(Cl)c2COc2n[c-]cs2)c1=O.Cn1nnn(-c2ccc(F)c(C3CC3)c2COc2n[c-]cs2)c1=O.[Y].[Y].[Y].[Y].[Y].[Y]. The van der Waals surface area contributed by atoms with Crippen LogP contribution >= 0.6 is 95.6 Å². The Kier molecular flexibility index (Phi) is 46.6. The fourth-order valence-electron chi connectivity index (χ4n) is 12.3. The van der Waals surface area contributed by atoms with Crippen molar-refractivity contribution in [3.8, 4) is 65.3 Å². The molecule has 1 saturated carbocycles. The summed E-state index contributed by atoms with van der Waals surface area (Å²) in [7, 11) is 8.87. The molecule has 1 fully saturated rings. The second-order valence-electron chi connectivity index (χ2n) is 27.7. The molecule has 0 saturated heterocycles. The quantitative estimate of drug-likeness (QED) is 0.0360. The number of aryl methyl sites for hydroxylation is 7. The van der Waals surface area contributed by atoms with Crippen LogP contribution in [0.15, 0.2) is 138 Å². The molecule has 0 N–H and O–H groups in total. The van der Waals surface area contributed by atoms with E-state index in [1.165, 1.54) is 171 Å². The van der Waals surface area contributed by atoms with Crippen molar-refractivity contribution in [3.05, 3.63) is 305 Å². The molecule has 0 aliphatic heterocycles. The van der Waals surface area contributed by atoms with Crippen molar-refractivity contribution in [3.63, 3.8) is 0 Å². The van der Waals surface area contributed by atoms with E-state index in [4.69, 9.17) is 40.0 Å². The summed E-state index contributed by atoms with van der Waals surface area (Å²) in [6.45, 7) is 5.63. The number of thiazole rings is 6. The Bertz CT molecular complexity index is 7200. The predicted molar refractivity (Wildman–Crippen MR) is 475 cm³/mol. The van der Waals surface area contributed by atoms with E-state index in [9.17, 15) is 55.1 Å². The summed E-state index contributed by atoms with van der Waals surface area (Å²) >= 11 is 17.0. The van der Waals surface area contributed by atoms with Crippen molar-refractivity contribution in [2.75, 3.05) is 0 Å². The first kappa shape index (κ1) is 118. The minimum absolute atomic E-state index is 0. The van der Waals surface area contributed by atoms with Gasteiger partial charge in [0, 0.05) is 295 Å². The molecule has 0 bridgehead atoms. The van der Waals surface area contributed by atoms with Gasteiger partial charge in [-0.15, -0.1) is 37.2 Å². The van der Waals surface area contributed by atoms with Gasteiger partial charge in [0.1, 0.15) is 66.1 Å². The smallest absolute Gasteiger partial charge is 0.368 e. The van der Waals surface area contributed by atoms with Gasteiger partial charge >= 0.3 is 34.1 Å². The van der Waals surface area contributed by atoms with E-state index in [2.05, 4.69) is 146 Å². The van der Waals surface area contributed by atoms with E-state index < -0.39 is 51.6 Å². The summed E-state index contributed by atoms with van der Waals surface area (Å²) in [6.07, 6.45) is 18.2. The van der Waals surface area contributed by atoms with Crippen molar-refractivity contribution >= 4 is 95.6 Å². The maximum absolute atomic E-state index is 14.4. The van der Waals surface area contributed by atoms with Crippen molar-refractivity contribution in [2.24, 2.45) is 42.3 Å². The molecule has 0 unspecified atom stereocenters. The molecule has 19 rings (SSSR count). The molecule has 18 aromatic rings. The number of benzene rings is 6. The molecule has 718 valence electrons. The first-order valence-corrected chi connectivity index (χ1v) is 45.2. The number of hydrogen-bond donors (Lipinski definition) is 0. The summed E-state index contributed by atoms with van der Waals surface area (Å²) in [5.41, 5.74) is 4.74. The largest absolute Gasteiger partial charge is 0.550 e. The summed E-state index contributed by atoms with van der Waals surface area (Å²) < 4.78 is 130. The average molecular weight is 2580 g/mol. The van der Waals surface area contributed by atoms with E-state index in [-0.39, 0.29) is 276 Å². The number of ether oxygens (including phenoxy) is 6. The second-order valence-corrected chi connectivity index (χ2v) is 33.9. The maximum Gasteiger partial charge on any atom is 0.368 e. The number of hydrogen-bond acceptors (Lipinski definition) is 36. The van der Waals surface area contributed by atoms with Gasteiger partial charge in [-0.2, -0.15) is 56.2 Å². The van der Waals surface area contributed by atoms with Crippen LogP contribution in [0, 0.1) is 85.9 Å². The molecule has 1 aliphatic carbocycles. The Morgan fingerprint density at radius 1 is 0.340 bits per heavy atom. The Labute approximate surface area is 980 Å². The van der Waals surface area contributed by atoms with Crippen LogP contribution in [-0.2, 0) is 285 Å². The average Bonchev–Trinajstić information content (AvgIpc) is 1.64. The third-order valence-corrected chi connectivity index (χ3v) is 24.0. The van der Waals surface area contributed by atoms with Crippen LogP contribution in [0.4, 0.5) is 26.3 Å². The van der Waals surface area contributed by atoms with Crippen LogP contribution < -0.4 is 62.6 Å². The molecule has 42 nitrogen and oxygen atoms in total. The van der Waals surface area contributed by atoms with E-state index in [0.717, 1.165) is 81.2 Å². The number of nitrogens with zero attached hydrogens (tertiary/aromatic N) is 30. The van der Waals surface area contributed by atoms with Gasteiger partial charge in [-0.05, 0) is 178 Å². The van der Waals surface area contributed by atoms with Crippen LogP contribution in [0.5, 0.6) is 31.2 Å².